The molecule has 74 valence electrons. The van der Waals surface area contributed by atoms with Crippen molar-refractivity contribution in [2.24, 2.45) is 5.73 Å². The zero-order valence-corrected chi connectivity index (χ0v) is 8.76. The molecule has 0 bridgehead atoms. The lowest BCUT2D eigenvalue weighted by Crippen LogP contribution is -2.38. The van der Waals surface area contributed by atoms with E-state index in [4.69, 9.17) is 5.73 Å². The van der Waals surface area contributed by atoms with Crippen LogP contribution in [0.5, 0.6) is 0 Å². The Balaban J connectivity index is 4.38. The van der Waals surface area contributed by atoms with Crippen LogP contribution in [-0.2, 0) is 10.0 Å². The van der Waals surface area contributed by atoms with Gasteiger partial charge in [0, 0.05) is 19.1 Å². The molecule has 12 heavy (non-hydrogen) atoms. The summed E-state index contributed by atoms with van der Waals surface area (Å²) in [6, 6.07) is -0.296. The van der Waals surface area contributed by atoms with Gasteiger partial charge >= 0.3 is 0 Å². The van der Waals surface area contributed by atoms with E-state index >= 15 is 0 Å². The quantitative estimate of drug-likeness (QED) is 0.670. The molecule has 4 nitrogen and oxygen atoms in total. The van der Waals surface area contributed by atoms with Crippen molar-refractivity contribution in [3.63, 3.8) is 0 Å². The van der Waals surface area contributed by atoms with E-state index in [1.54, 1.807) is 6.92 Å². The molecule has 0 saturated heterocycles. The van der Waals surface area contributed by atoms with E-state index in [-0.39, 0.29) is 11.8 Å². The SMILES string of the molecule is CCN(CC)S(=O)(=O)CC(C)N. The fourth-order valence-corrected chi connectivity index (χ4v) is 2.72. The van der Waals surface area contributed by atoms with Crippen LogP contribution in [0.15, 0.2) is 0 Å². The maximum Gasteiger partial charge on any atom is 0.215 e. The number of hydrogen-bond donors (Lipinski definition) is 1. The Kier molecular flexibility index (Phi) is 4.74. The Labute approximate surface area is 74.8 Å². The van der Waals surface area contributed by atoms with E-state index in [1.807, 2.05) is 13.8 Å². The van der Waals surface area contributed by atoms with Crippen molar-refractivity contribution in [2.45, 2.75) is 26.8 Å². The normalized spacial score (nSPS) is 15.1. The number of rotatable bonds is 5. The van der Waals surface area contributed by atoms with E-state index in [2.05, 4.69) is 0 Å². The lowest BCUT2D eigenvalue weighted by atomic mass is 10.4. The van der Waals surface area contributed by atoms with Crippen molar-refractivity contribution >= 4 is 10.0 Å². The maximum atomic E-state index is 11.4. The number of nitrogens with two attached hydrogens (primary N) is 1. The van der Waals surface area contributed by atoms with Crippen LogP contribution in [0.1, 0.15) is 20.8 Å². The summed E-state index contributed by atoms with van der Waals surface area (Å²) >= 11 is 0. The molecule has 0 amide bonds. The summed E-state index contributed by atoms with van der Waals surface area (Å²) in [5.74, 6) is 0.0364. The zero-order chi connectivity index (χ0) is 9.78. The van der Waals surface area contributed by atoms with Crippen LogP contribution in [0.4, 0.5) is 0 Å². The first-order chi connectivity index (χ1) is 5.44. The molecule has 0 aromatic rings. The van der Waals surface area contributed by atoms with Crippen LogP contribution in [-0.4, -0.2) is 37.6 Å². The average Bonchev–Trinajstić information content (AvgIpc) is 1.85. The lowest BCUT2D eigenvalue weighted by molar-refractivity contribution is 0.442. The van der Waals surface area contributed by atoms with E-state index in [1.165, 1.54) is 4.31 Å². The second-order valence-corrected chi connectivity index (χ2v) is 4.85. The predicted octanol–water partition coefficient (Wildman–Crippen LogP) is 0.00520. The van der Waals surface area contributed by atoms with Crippen molar-refractivity contribution in [3.05, 3.63) is 0 Å². The van der Waals surface area contributed by atoms with Crippen LogP contribution < -0.4 is 5.73 Å². The van der Waals surface area contributed by atoms with Gasteiger partial charge < -0.3 is 5.73 Å². The number of hydrogen-bond acceptors (Lipinski definition) is 3. The fraction of sp³-hybridized carbons (Fsp3) is 1.00. The molecule has 0 aromatic heterocycles. The zero-order valence-electron chi connectivity index (χ0n) is 7.95. The molecule has 0 aliphatic rings. The van der Waals surface area contributed by atoms with E-state index in [9.17, 15) is 8.42 Å². The summed E-state index contributed by atoms with van der Waals surface area (Å²) in [5, 5.41) is 0. The second-order valence-electron chi connectivity index (χ2n) is 2.84. The third-order valence-electron chi connectivity index (χ3n) is 1.57. The van der Waals surface area contributed by atoms with Crippen molar-refractivity contribution in [2.75, 3.05) is 18.8 Å². The molecule has 2 N–H and O–H groups in total. The molecule has 0 aliphatic heterocycles. The predicted molar refractivity (Wildman–Crippen MR) is 50.4 cm³/mol. The molecule has 5 heteroatoms. The summed E-state index contributed by atoms with van der Waals surface area (Å²) in [5.41, 5.74) is 5.42. The Morgan fingerprint density at radius 1 is 1.33 bits per heavy atom. The van der Waals surface area contributed by atoms with Gasteiger partial charge in [0.25, 0.3) is 0 Å². The van der Waals surface area contributed by atoms with Gasteiger partial charge in [-0.25, -0.2) is 12.7 Å². The topological polar surface area (TPSA) is 63.4 Å². The van der Waals surface area contributed by atoms with Crippen molar-refractivity contribution in [1.82, 2.24) is 4.31 Å². The molecule has 0 rings (SSSR count). The Bertz CT molecular complexity index is 207. The van der Waals surface area contributed by atoms with Gasteiger partial charge in [0.1, 0.15) is 0 Å². The van der Waals surface area contributed by atoms with Crippen molar-refractivity contribution < 1.29 is 8.42 Å². The maximum absolute atomic E-state index is 11.4. The van der Waals surface area contributed by atoms with Gasteiger partial charge in [-0.15, -0.1) is 0 Å². The van der Waals surface area contributed by atoms with Crippen LogP contribution in [0.2, 0.25) is 0 Å². The third-order valence-corrected chi connectivity index (χ3v) is 3.82. The monoisotopic (exact) mass is 194 g/mol. The average molecular weight is 194 g/mol. The molecular formula is C7H18N2O2S. The molecule has 0 heterocycles. The van der Waals surface area contributed by atoms with Crippen LogP contribution in [0, 0.1) is 0 Å². The molecule has 0 saturated carbocycles. The third kappa shape index (κ3) is 3.51. The van der Waals surface area contributed by atoms with Gasteiger partial charge in [0.05, 0.1) is 5.75 Å². The first-order valence-corrected chi connectivity index (χ1v) is 5.78. The van der Waals surface area contributed by atoms with Crippen LogP contribution >= 0.6 is 0 Å². The fourth-order valence-electron chi connectivity index (χ4n) is 1.05. The minimum Gasteiger partial charge on any atom is -0.327 e. The number of nitrogens with zero attached hydrogens (tertiary/aromatic N) is 1. The van der Waals surface area contributed by atoms with Gasteiger partial charge in [-0.1, -0.05) is 13.8 Å². The van der Waals surface area contributed by atoms with E-state index in [0.717, 1.165) is 0 Å². The summed E-state index contributed by atoms with van der Waals surface area (Å²) < 4.78 is 24.3. The molecule has 0 aromatic carbocycles. The van der Waals surface area contributed by atoms with Crippen LogP contribution in [0.25, 0.3) is 0 Å². The molecule has 1 atom stereocenters. The molecule has 0 fully saturated rings. The number of sulfonamides is 1. The Morgan fingerprint density at radius 3 is 2.00 bits per heavy atom. The lowest BCUT2D eigenvalue weighted by Gasteiger charge is -2.19. The second kappa shape index (κ2) is 4.79. The summed E-state index contributed by atoms with van der Waals surface area (Å²) in [6.45, 7) is 6.38. The summed E-state index contributed by atoms with van der Waals surface area (Å²) in [6.07, 6.45) is 0. The first-order valence-electron chi connectivity index (χ1n) is 4.17. The molecule has 0 aliphatic carbocycles. The largest absolute Gasteiger partial charge is 0.327 e. The Hall–Kier alpha value is -0.130. The molecular weight excluding hydrogens is 176 g/mol. The highest BCUT2D eigenvalue weighted by Crippen LogP contribution is 2.01. The summed E-state index contributed by atoms with van der Waals surface area (Å²) in [4.78, 5) is 0. The molecule has 1 unspecified atom stereocenters. The first kappa shape index (κ1) is 11.9. The smallest absolute Gasteiger partial charge is 0.215 e. The molecule has 0 spiro atoms. The van der Waals surface area contributed by atoms with Gasteiger partial charge in [-0.05, 0) is 6.92 Å². The Morgan fingerprint density at radius 2 is 1.75 bits per heavy atom. The van der Waals surface area contributed by atoms with Crippen molar-refractivity contribution in [3.8, 4) is 0 Å². The van der Waals surface area contributed by atoms with Gasteiger partial charge in [0.2, 0.25) is 10.0 Å². The highest BCUT2D eigenvalue weighted by atomic mass is 32.2. The van der Waals surface area contributed by atoms with E-state index < -0.39 is 10.0 Å². The highest BCUT2D eigenvalue weighted by molar-refractivity contribution is 7.89. The van der Waals surface area contributed by atoms with E-state index in [0.29, 0.717) is 13.1 Å². The van der Waals surface area contributed by atoms with Gasteiger partial charge in [-0.3, -0.25) is 0 Å². The summed E-state index contributed by atoms with van der Waals surface area (Å²) in [7, 11) is -3.11. The van der Waals surface area contributed by atoms with Crippen LogP contribution in [0.3, 0.4) is 0 Å². The standard InChI is InChI=1S/C7H18N2O2S/c1-4-9(5-2)12(10,11)6-7(3)8/h7H,4-6,8H2,1-3H3. The van der Waals surface area contributed by atoms with Gasteiger partial charge in [-0.2, -0.15) is 0 Å². The highest BCUT2D eigenvalue weighted by Gasteiger charge is 2.19. The van der Waals surface area contributed by atoms with Gasteiger partial charge in [0.15, 0.2) is 0 Å². The minimum absolute atomic E-state index is 0.0364. The minimum atomic E-state index is -3.11. The van der Waals surface area contributed by atoms with Crippen molar-refractivity contribution in [1.29, 1.82) is 0 Å². The molecule has 0 radical (unpaired) electrons.